The Hall–Kier alpha value is -1.51. The Balaban J connectivity index is 1.58. The Bertz CT molecular complexity index is 1450. The molecule has 0 radical (unpaired) electrons. The number of fused-ring (bicyclic) bond motifs is 1. The molecule has 8 heterocycles. The third kappa shape index (κ3) is 5.99. The number of ether oxygens (including phenoxy) is 2. The van der Waals surface area contributed by atoms with Crippen molar-refractivity contribution in [3.05, 3.63) is 22.0 Å². The van der Waals surface area contributed by atoms with E-state index in [4.69, 9.17) is 27.6 Å². The van der Waals surface area contributed by atoms with Crippen molar-refractivity contribution in [3.63, 3.8) is 0 Å². The highest BCUT2D eigenvalue weighted by Gasteiger charge is 2.48. The highest BCUT2D eigenvalue weighted by Crippen LogP contribution is 2.51. The Morgan fingerprint density at radius 2 is 1.37 bits per heavy atom. The first-order chi connectivity index (χ1) is 19.1. The van der Waals surface area contributed by atoms with Crippen LogP contribution in [0.4, 0.5) is 0 Å². The van der Waals surface area contributed by atoms with Crippen LogP contribution in [-0.2, 0) is 36.7 Å². The van der Waals surface area contributed by atoms with Gasteiger partial charge in [0.15, 0.2) is 17.4 Å². The molecule has 12 atom stereocenters. The Morgan fingerprint density at radius 1 is 0.829 bits per heavy atom. The van der Waals surface area contributed by atoms with E-state index in [9.17, 15) is 23.7 Å². The largest absolute Gasteiger partial charge is 0.756 e. The molecule has 6 aliphatic heterocycles. The van der Waals surface area contributed by atoms with E-state index in [0.29, 0.717) is 11.6 Å². The number of nitrogens with one attached hydrogen (secondary N) is 1. The lowest BCUT2D eigenvalue weighted by atomic mass is 9.82. The second-order valence-electron chi connectivity index (χ2n) is 11.4. The molecule has 0 spiro atoms. The van der Waals surface area contributed by atoms with Gasteiger partial charge in [0.2, 0.25) is 0 Å². The van der Waals surface area contributed by atoms with E-state index in [1.165, 1.54) is 4.57 Å². The molecule has 0 aliphatic carbocycles. The van der Waals surface area contributed by atoms with Gasteiger partial charge in [-0.15, -0.1) is 0 Å². The molecule has 6 fully saturated rings. The fourth-order valence-corrected chi connectivity index (χ4v) is 7.97. The minimum absolute atomic E-state index is 0.0288. The van der Waals surface area contributed by atoms with E-state index in [2.05, 4.69) is 15.0 Å². The SMILES string of the molecule is Cc1nc2c(nc(C)n2C2OC3COP(=O)([O-])OC4C(C)OC(COP(=O)([O-])OC2C(C)C3C)C(C)C4C)c(=O)[nH]1. The highest BCUT2D eigenvalue weighted by molar-refractivity contribution is 7.46. The van der Waals surface area contributed by atoms with Crippen LogP contribution >= 0.6 is 15.6 Å². The number of aromatic nitrogens is 4. The van der Waals surface area contributed by atoms with E-state index < -0.39 is 76.4 Å². The number of hydrogen-bond acceptors (Lipinski definition) is 13. The third-order valence-electron chi connectivity index (χ3n) is 8.71. The second kappa shape index (κ2) is 11.2. The summed E-state index contributed by atoms with van der Waals surface area (Å²) in [7, 11) is -9.76. The number of aromatic amines is 1. The molecule has 0 aromatic carbocycles. The third-order valence-corrected chi connectivity index (χ3v) is 10.6. The average molecular weight is 619 g/mol. The predicted octanol–water partition coefficient (Wildman–Crippen LogP) is 1.72. The standard InChI is InChI=1S/C24H38N4O11P2/c1-10-12(3)20-14(5)36-17(10)8-34-41(32,33)39-21-13(4)11(2)18(9-35-40(30,31)38-20)37-24(21)28-16(7)27-19-22(28)25-15(6)26-23(19)29/h10-14,17-18,20-21,24H,8-9H2,1-7H3,(H,30,31)(H,32,33)(H,25,26,29)/p-2. The fourth-order valence-electron chi connectivity index (χ4n) is 5.94. The van der Waals surface area contributed by atoms with Gasteiger partial charge in [-0.05, 0) is 44.4 Å². The van der Waals surface area contributed by atoms with Gasteiger partial charge >= 0.3 is 0 Å². The molecular formula is C24H36N4O11P2-2. The molecule has 12 unspecified atom stereocenters. The first kappa shape index (κ1) is 30.9. The summed E-state index contributed by atoms with van der Waals surface area (Å²) in [4.78, 5) is 50.2. The smallest absolute Gasteiger partial charge is 0.279 e. The number of imidazole rings is 1. The van der Waals surface area contributed by atoms with E-state index in [0.717, 1.165) is 0 Å². The van der Waals surface area contributed by atoms with Gasteiger partial charge < -0.3 is 42.3 Å². The molecule has 4 bridgehead atoms. The lowest BCUT2D eigenvalue weighted by molar-refractivity contribution is -0.271. The topological polar surface area (TPSA) is 199 Å². The molecule has 2 aromatic rings. The molecule has 17 heteroatoms. The summed E-state index contributed by atoms with van der Waals surface area (Å²) in [6, 6.07) is 0. The number of nitrogens with zero attached hydrogens (tertiary/aromatic N) is 3. The quantitative estimate of drug-likeness (QED) is 0.454. The second-order valence-corrected chi connectivity index (χ2v) is 14.1. The zero-order valence-electron chi connectivity index (χ0n) is 23.9. The summed E-state index contributed by atoms with van der Waals surface area (Å²) in [5.41, 5.74) is -0.297. The molecular weight excluding hydrogens is 582 g/mol. The average Bonchev–Trinajstić information content (AvgIpc) is 3.21. The van der Waals surface area contributed by atoms with Crippen molar-refractivity contribution < 1.29 is 46.5 Å². The summed E-state index contributed by atoms with van der Waals surface area (Å²) in [5, 5.41) is 0. The van der Waals surface area contributed by atoms with Gasteiger partial charge in [0, 0.05) is 0 Å². The number of aryl methyl sites for hydroxylation is 2. The Labute approximate surface area is 237 Å². The number of phosphoric ester groups is 2. The van der Waals surface area contributed by atoms with Gasteiger partial charge in [0.25, 0.3) is 21.2 Å². The summed E-state index contributed by atoms with van der Waals surface area (Å²) in [6.45, 7) is 11.2. The van der Waals surface area contributed by atoms with Crippen molar-refractivity contribution in [3.8, 4) is 0 Å². The van der Waals surface area contributed by atoms with Crippen molar-refractivity contribution in [1.29, 1.82) is 0 Å². The maximum absolute atomic E-state index is 13.3. The first-order valence-corrected chi connectivity index (χ1v) is 16.5. The van der Waals surface area contributed by atoms with Crippen molar-refractivity contribution in [1.82, 2.24) is 19.5 Å². The Morgan fingerprint density at radius 3 is 1.98 bits per heavy atom. The van der Waals surface area contributed by atoms with Gasteiger partial charge in [-0.3, -0.25) is 18.5 Å². The van der Waals surface area contributed by atoms with Crippen LogP contribution in [0.1, 0.15) is 52.5 Å². The minimum Gasteiger partial charge on any atom is -0.756 e. The van der Waals surface area contributed by atoms with Crippen LogP contribution in [0, 0.1) is 37.5 Å². The monoisotopic (exact) mass is 618 g/mol. The number of H-pyrrole nitrogens is 1. The fraction of sp³-hybridized carbons (Fsp3) is 0.792. The number of phosphoric acid groups is 2. The zero-order chi connectivity index (χ0) is 30.0. The van der Waals surface area contributed by atoms with E-state index in [1.807, 2.05) is 0 Å². The molecule has 6 aliphatic rings. The first-order valence-electron chi connectivity index (χ1n) is 13.6. The van der Waals surface area contributed by atoms with Crippen molar-refractivity contribution >= 4 is 26.8 Å². The lowest BCUT2D eigenvalue weighted by Gasteiger charge is -2.48. The summed E-state index contributed by atoms with van der Waals surface area (Å²) >= 11 is 0. The molecule has 230 valence electrons. The van der Waals surface area contributed by atoms with Crippen LogP contribution in [0.5, 0.6) is 0 Å². The molecule has 2 aromatic heterocycles. The molecule has 41 heavy (non-hydrogen) atoms. The molecule has 0 amide bonds. The van der Waals surface area contributed by atoms with E-state index >= 15 is 0 Å². The summed E-state index contributed by atoms with van der Waals surface area (Å²) < 4.78 is 61.8. The zero-order valence-corrected chi connectivity index (χ0v) is 25.7. The predicted molar refractivity (Wildman–Crippen MR) is 139 cm³/mol. The maximum Gasteiger partial charge on any atom is 0.279 e. The summed E-state index contributed by atoms with van der Waals surface area (Å²) in [6.07, 6.45) is -5.41. The van der Waals surface area contributed by atoms with Crippen LogP contribution in [0.3, 0.4) is 0 Å². The normalized spacial score (nSPS) is 44.4. The van der Waals surface area contributed by atoms with Gasteiger partial charge in [0.1, 0.15) is 17.8 Å². The highest BCUT2D eigenvalue weighted by atomic mass is 31.2. The van der Waals surface area contributed by atoms with E-state index in [1.54, 1.807) is 48.5 Å². The minimum atomic E-state index is -4.94. The van der Waals surface area contributed by atoms with Crippen LogP contribution < -0.4 is 15.3 Å². The number of hydrogen-bond donors (Lipinski definition) is 1. The van der Waals surface area contributed by atoms with Gasteiger partial charge in [0.05, 0.1) is 37.6 Å². The van der Waals surface area contributed by atoms with Gasteiger partial charge in [-0.25, -0.2) is 9.97 Å². The van der Waals surface area contributed by atoms with Crippen molar-refractivity contribution in [2.75, 3.05) is 13.2 Å². The van der Waals surface area contributed by atoms with Crippen molar-refractivity contribution in [2.45, 2.75) is 85.2 Å². The van der Waals surface area contributed by atoms with Crippen molar-refractivity contribution in [2.24, 2.45) is 23.7 Å². The van der Waals surface area contributed by atoms with Gasteiger partial charge in [-0.1, -0.05) is 27.7 Å². The maximum atomic E-state index is 13.3. The van der Waals surface area contributed by atoms with Crippen LogP contribution in [0.15, 0.2) is 4.79 Å². The lowest BCUT2D eigenvalue weighted by Crippen LogP contribution is -2.52. The molecule has 1 N–H and O–H groups in total. The molecule has 15 nitrogen and oxygen atoms in total. The Kier molecular flexibility index (Phi) is 8.45. The van der Waals surface area contributed by atoms with Crippen LogP contribution in [-0.4, -0.2) is 63.3 Å². The van der Waals surface area contributed by atoms with Crippen LogP contribution in [0.25, 0.3) is 11.2 Å². The van der Waals surface area contributed by atoms with E-state index in [-0.39, 0.29) is 29.6 Å². The number of rotatable bonds is 1. The summed E-state index contributed by atoms with van der Waals surface area (Å²) in [5.74, 6) is -0.994. The van der Waals surface area contributed by atoms with Crippen LogP contribution in [0.2, 0.25) is 0 Å². The molecule has 6 saturated heterocycles. The molecule has 0 saturated carbocycles. The van der Waals surface area contributed by atoms with Gasteiger partial charge in [-0.2, -0.15) is 0 Å². The molecule has 8 rings (SSSR count).